The highest BCUT2D eigenvalue weighted by Crippen LogP contribution is 2.12. The van der Waals surface area contributed by atoms with Gasteiger partial charge in [0.05, 0.1) is 0 Å². The van der Waals surface area contributed by atoms with E-state index in [1.54, 1.807) is 0 Å². The van der Waals surface area contributed by atoms with Crippen LogP contribution in [0, 0.1) is 0 Å². The summed E-state index contributed by atoms with van der Waals surface area (Å²) in [5, 5.41) is 3.86. The molecule has 1 saturated heterocycles. The van der Waals surface area contributed by atoms with Crippen molar-refractivity contribution in [3.8, 4) is 0 Å². The lowest BCUT2D eigenvalue weighted by Crippen LogP contribution is -2.37. The molecule has 0 atom stereocenters. The van der Waals surface area contributed by atoms with E-state index in [2.05, 4.69) is 24.1 Å². The molecule has 1 aliphatic rings. The van der Waals surface area contributed by atoms with Crippen molar-refractivity contribution in [1.29, 1.82) is 0 Å². The van der Waals surface area contributed by atoms with Crippen LogP contribution in [0.5, 0.6) is 0 Å². The van der Waals surface area contributed by atoms with E-state index in [1.165, 1.54) is 103 Å². The molecule has 21 heavy (non-hydrogen) atoms. The summed E-state index contributed by atoms with van der Waals surface area (Å²) < 4.78 is 0. The van der Waals surface area contributed by atoms with Gasteiger partial charge in [-0.05, 0) is 38.8 Å². The zero-order valence-electron chi connectivity index (χ0n) is 14.8. The fourth-order valence-corrected chi connectivity index (χ4v) is 3.42. The van der Waals surface area contributed by atoms with Crippen LogP contribution in [0.3, 0.4) is 0 Å². The predicted octanol–water partition coefficient (Wildman–Crippen LogP) is 4.98. The molecule has 1 heterocycles. The van der Waals surface area contributed by atoms with Crippen molar-refractivity contribution in [3.05, 3.63) is 0 Å². The molecule has 0 spiro atoms. The van der Waals surface area contributed by atoms with Crippen LogP contribution in [0.25, 0.3) is 0 Å². The summed E-state index contributed by atoms with van der Waals surface area (Å²) in [5.74, 6) is 0. The van der Waals surface area contributed by atoms with Gasteiger partial charge in [-0.25, -0.2) is 0 Å². The molecule has 0 saturated carbocycles. The molecule has 2 nitrogen and oxygen atoms in total. The largest absolute Gasteiger partial charge is 0.313 e. The second kappa shape index (κ2) is 13.6. The van der Waals surface area contributed by atoms with Gasteiger partial charge in [0.1, 0.15) is 0 Å². The number of nitrogens with one attached hydrogen (secondary N) is 1. The van der Waals surface area contributed by atoms with Gasteiger partial charge in [-0.15, -0.1) is 0 Å². The Morgan fingerprint density at radius 1 is 0.810 bits per heavy atom. The second-order valence-electron chi connectivity index (χ2n) is 6.90. The Kier molecular flexibility index (Phi) is 12.3. The Morgan fingerprint density at radius 3 is 1.90 bits per heavy atom. The van der Waals surface area contributed by atoms with Gasteiger partial charge in [0.25, 0.3) is 0 Å². The minimum Gasteiger partial charge on any atom is -0.313 e. The van der Waals surface area contributed by atoms with Gasteiger partial charge in [-0.1, -0.05) is 65.2 Å². The number of rotatable bonds is 12. The normalized spacial score (nSPS) is 17.3. The summed E-state index contributed by atoms with van der Waals surface area (Å²) in [6, 6.07) is 0.773. The third-order valence-electron chi connectivity index (χ3n) is 4.87. The number of nitrogens with zero attached hydrogens (tertiary/aromatic N) is 1. The van der Waals surface area contributed by atoms with Crippen LogP contribution < -0.4 is 5.32 Å². The fraction of sp³-hybridized carbons (Fsp3) is 1.00. The summed E-state index contributed by atoms with van der Waals surface area (Å²) in [6.07, 6.45) is 16.8. The Balaban J connectivity index is 2.16. The van der Waals surface area contributed by atoms with E-state index in [-0.39, 0.29) is 0 Å². The molecule has 0 aromatic carbocycles. The lowest BCUT2D eigenvalue weighted by atomic mass is 10.0. The highest BCUT2D eigenvalue weighted by molar-refractivity contribution is 4.70. The average molecular weight is 297 g/mol. The molecule has 0 radical (unpaired) electrons. The number of unbranched alkanes of at least 4 members (excludes halogenated alkanes) is 4. The summed E-state index contributed by atoms with van der Waals surface area (Å²) in [5.41, 5.74) is 0. The minimum atomic E-state index is 0.773. The van der Waals surface area contributed by atoms with Crippen LogP contribution in [-0.4, -0.2) is 37.1 Å². The van der Waals surface area contributed by atoms with Gasteiger partial charge < -0.3 is 10.2 Å². The van der Waals surface area contributed by atoms with E-state index in [9.17, 15) is 0 Å². The molecular formula is C19H40N2. The van der Waals surface area contributed by atoms with E-state index in [0.717, 1.165) is 6.04 Å². The Hall–Kier alpha value is -0.0800. The van der Waals surface area contributed by atoms with Gasteiger partial charge >= 0.3 is 0 Å². The lowest BCUT2D eigenvalue weighted by Gasteiger charge is -2.23. The van der Waals surface area contributed by atoms with Crippen LogP contribution >= 0.6 is 0 Å². The van der Waals surface area contributed by atoms with Crippen molar-refractivity contribution in [2.75, 3.05) is 26.2 Å². The number of likely N-dealkylation sites (tertiary alicyclic amines) is 1. The van der Waals surface area contributed by atoms with E-state index in [0.29, 0.717) is 0 Å². The maximum atomic E-state index is 3.86. The van der Waals surface area contributed by atoms with Crippen LogP contribution in [-0.2, 0) is 0 Å². The maximum Gasteiger partial charge on any atom is 0.0107 e. The Labute approximate surface area is 134 Å². The van der Waals surface area contributed by atoms with Crippen molar-refractivity contribution in [3.63, 3.8) is 0 Å². The van der Waals surface area contributed by atoms with Crippen molar-refractivity contribution in [2.24, 2.45) is 0 Å². The summed E-state index contributed by atoms with van der Waals surface area (Å²) in [4.78, 5) is 2.68. The first-order chi connectivity index (χ1) is 10.4. The summed E-state index contributed by atoms with van der Waals surface area (Å²) >= 11 is 0. The molecule has 1 aliphatic heterocycles. The van der Waals surface area contributed by atoms with Crippen LogP contribution in [0.4, 0.5) is 0 Å². The molecule has 0 unspecified atom stereocenters. The van der Waals surface area contributed by atoms with Gasteiger partial charge in [0.2, 0.25) is 0 Å². The van der Waals surface area contributed by atoms with Crippen molar-refractivity contribution < 1.29 is 0 Å². The van der Waals surface area contributed by atoms with Crippen molar-refractivity contribution in [2.45, 2.75) is 96.9 Å². The molecule has 2 heteroatoms. The van der Waals surface area contributed by atoms with E-state index >= 15 is 0 Å². The van der Waals surface area contributed by atoms with Crippen molar-refractivity contribution in [1.82, 2.24) is 10.2 Å². The topological polar surface area (TPSA) is 15.3 Å². The van der Waals surface area contributed by atoms with Crippen LogP contribution in [0.15, 0.2) is 0 Å². The zero-order chi connectivity index (χ0) is 15.2. The molecule has 0 aromatic rings. The third-order valence-corrected chi connectivity index (χ3v) is 4.87. The van der Waals surface area contributed by atoms with E-state index in [4.69, 9.17) is 0 Å². The van der Waals surface area contributed by atoms with Gasteiger partial charge in [0, 0.05) is 19.1 Å². The Bertz CT molecular complexity index is 200. The number of hydrogen-bond acceptors (Lipinski definition) is 2. The monoisotopic (exact) mass is 296 g/mol. The molecule has 0 amide bonds. The molecule has 0 bridgehead atoms. The van der Waals surface area contributed by atoms with Gasteiger partial charge in [-0.3, -0.25) is 0 Å². The van der Waals surface area contributed by atoms with E-state index in [1.807, 2.05) is 0 Å². The standard InChI is InChI=1S/C19H40N2/c1-3-5-9-13-19(14-10-6-4-2)20-15-18-21-16-11-7-8-12-17-21/h19-20H,3-18H2,1-2H3. The smallest absolute Gasteiger partial charge is 0.0107 e. The number of hydrogen-bond donors (Lipinski definition) is 1. The third kappa shape index (κ3) is 10.3. The zero-order valence-corrected chi connectivity index (χ0v) is 14.8. The molecule has 0 aromatic heterocycles. The van der Waals surface area contributed by atoms with E-state index < -0.39 is 0 Å². The summed E-state index contributed by atoms with van der Waals surface area (Å²) in [7, 11) is 0. The molecular weight excluding hydrogens is 256 g/mol. The minimum absolute atomic E-state index is 0.773. The predicted molar refractivity (Wildman–Crippen MR) is 95.0 cm³/mol. The summed E-state index contributed by atoms with van der Waals surface area (Å²) in [6.45, 7) is 9.73. The van der Waals surface area contributed by atoms with Crippen LogP contribution in [0.2, 0.25) is 0 Å². The average Bonchev–Trinajstić information content (AvgIpc) is 2.76. The van der Waals surface area contributed by atoms with Gasteiger partial charge in [0.15, 0.2) is 0 Å². The van der Waals surface area contributed by atoms with Crippen LogP contribution in [0.1, 0.15) is 90.9 Å². The molecule has 1 fully saturated rings. The first kappa shape index (κ1) is 19.0. The quantitative estimate of drug-likeness (QED) is 0.511. The first-order valence-electron chi connectivity index (χ1n) is 9.82. The van der Waals surface area contributed by atoms with Crippen molar-refractivity contribution >= 4 is 0 Å². The molecule has 126 valence electrons. The van der Waals surface area contributed by atoms with Gasteiger partial charge in [-0.2, -0.15) is 0 Å². The highest BCUT2D eigenvalue weighted by Gasteiger charge is 2.11. The Morgan fingerprint density at radius 2 is 1.38 bits per heavy atom. The first-order valence-corrected chi connectivity index (χ1v) is 9.82. The maximum absolute atomic E-state index is 3.86. The fourth-order valence-electron chi connectivity index (χ4n) is 3.42. The molecule has 0 aliphatic carbocycles. The molecule has 1 rings (SSSR count). The highest BCUT2D eigenvalue weighted by atomic mass is 15.1. The lowest BCUT2D eigenvalue weighted by molar-refractivity contribution is 0.274. The second-order valence-corrected chi connectivity index (χ2v) is 6.90. The molecule has 1 N–H and O–H groups in total. The SMILES string of the molecule is CCCCCC(CCCCC)NCCN1CCCCCC1.